The molecule has 0 aliphatic heterocycles. The summed E-state index contributed by atoms with van der Waals surface area (Å²) in [5.74, 6) is 0. The summed E-state index contributed by atoms with van der Waals surface area (Å²) >= 11 is 1.76. The predicted molar refractivity (Wildman–Crippen MR) is 85.0 cm³/mol. The van der Waals surface area contributed by atoms with E-state index in [2.05, 4.69) is 25.1 Å². The Hall–Kier alpha value is -1.90. The summed E-state index contributed by atoms with van der Waals surface area (Å²) in [5, 5.41) is 10.6. The number of hydrogen-bond donors (Lipinski definition) is 1. The van der Waals surface area contributed by atoms with Gasteiger partial charge in [0, 0.05) is 9.75 Å². The van der Waals surface area contributed by atoms with Gasteiger partial charge in [-0.15, -0.1) is 11.3 Å². The lowest BCUT2D eigenvalue weighted by atomic mass is 9.96. The molecule has 0 bridgehead atoms. The van der Waals surface area contributed by atoms with Gasteiger partial charge in [-0.25, -0.2) is 0 Å². The number of hydrogen-bond acceptors (Lipinski definition) is 2. The van der Waals surface area contributed by atoms with E-state index in [1.54, 1.807) is 11.3 Å². The van der Waals surface area contributed by atoms with E-state index in [0.717, 1.165) is 16.7 Å². The molecule has 1 atom stereocenters. The Bertz CT molecular complexity index is 700. The van der Waals surface area contributed by atoms with E-state index in [1.165, 1.54) is 9.75 Å². The van der Waals surface area contributed by atoms with Crippen LogP contribution in [0.3, 0.4) is 0 Å². The molecule has 2 aromatic carbocycles. The SMILES string of the molecule is Cc1ccc(-c2ccccc2C(O)c2ccccc2)s1. The standard InChI is InChI=1S/C18H16OS/c1-13-11-12-17(20-13)15-9-5-6-10-16(15)18(19)14-7-3-2-4-8-14/h2-12,18-19H,1H3. The largest absolute Gasteiger partial charge is 0.384 e. The van der Waals surface area contributed by atoms with Crippen LogP contribution in [0.2, 0.25) is 0 Å². The van der Waals surface area contributed by atoms with Gasteiger partial charge in [0.25, 0.3) is 0 Å². The van der Waals surface area contributed by atoms with Gasteiger partial charge in [-0.1, -0.05) is 54.6 Å². The summed E-state index contributed by atoms with van der Waals surface area (Å²) in [7, 11) is 0. The number of benzene rings is 2. The summed E-state index contributed by atoms with van der Waals surface area (Å²) in [4.78, 5) is 2.48. The van der Waals surface area contributed by atoms with Crippen LogP contribution in [0.1, 0.15) is 22.1 Å². The number of aliphatic hydroxyl groups is 1. The Kier molecular flexibility index (Phi) is 3.68. The second-order valence-corrected chi connectivity index (χ2v) is 6.10. The second-order valence-electron chi connectivity index (χ2n) is 4.81. The van der Waals surface area contributed by atoms with Crippen molar-refractivity contribution < 1.29 is 5.11 Å². The Morgan fingerprint density at radius 2 is 1.55 bits per heavy atom. The van der Waals surface area contributed by atoms with Crippen LogP contribution in [-0.2, 0) is 0 Å². The molecule has 1 aromatic heterocycles. The van der Waals surface area contributed by atoms with E-state index in [1.807, 2.05) is 48.5 Å². The van der Waals surface area contributed by atoms with E-state index in [4.69, 9.17) is 0 Å². The van der Waals surface area contributed by atoms with Crippen molar-refractivity contribution in [2.24, 2.45) is 0 Å². The fourth-order valence-corrected chi connectivity index (χ4v) is 3.27. The lowest BCUT2D eigenvalue weighted by molar-refractivity contribution is 0.221. The smallest absolute Gasteiger partial charge is 0.105 e. The highest BCUT2D eigenvalue weighted by molar-refractivity contribution is 7.15. The van der Waals surface area contributed by atoms with Crippen LogP contribution in [0.5, 0.6) is 0 Å². The monoisotopic (exact) mass is 280 g/mol. The molecular formula is C18H16OS. The first-order chi connectivity index (χ1) is 9.75. The number of aryl methyl sites for hydroxylation is 1. The molecule has 3 aromatic rings. The van der Waals surface area contributed by atoms with E-state index in [9.17, 15) is 5.11 Å². The van der Waals surface area contributed by atoms with Crippen LogP contribution in [0.25, 0.3) is 10.4 Å². The Morgan fingerprint density at radius 1 is 0.850 bits per heavy atom. The average Bonchev–Trinajstić information content (AvgIpc) is 2.94. The molecule has 1 unspecified atom stereocenters. The molecule has 100 valence electrons. The van der Waals surface area contributed by atoms with E-state index in [0.29, 0.717) is 0 Å². The molecule has 1 nitrogen and oxygen atoms in total. The molecule has 0 aliphatic rings. The lowest BCUT2D eigenvalue weighted by Crippen LogP contribution is -2.01. The van der Waals surface area contributed by atoms with Gasteiger partial charge < -0.3 is 5.11 Å². The van der Waals surface area contributed by atoms with Gasteiger partial charge >= 0.3 is 0 Å². The normalized spacial score (nSPS) is 12.3. The van der Waals surface area contributed by atoms with Crippen LogP contribution in [0.15, 0.2) is 66.7 Å². The third-order valence-corrected chi connectivity index (χ3v) is 4.41. The van der Waals surface area contributed by atoms with E-state index in [-0.39, 0.29) is 0 Å². The van der Waals surface area contributed by atoms with Crippen molar-refractivity contribution >= 4 is 11.3 Å². The van der Waals surface area contributed by atoms with Crippen LogP contribution < -0.4 is 0 Å². The van der Waals surface area contributed by atoms with E-state index < -0.39 is 6.10 Å². The minimum Gasteiger partial charge on any atom is -0.384 e. The van der Waals surface area contributed by atoms with Crippen molar-refractivity contribution in [1.29, 1.82) is 0 Å². The molecule has 1 N–H and O–H groups in total. The number of rotatable bonds is 3. The summed E-state index contributed by atoms with van der Waals surface area (Å²) in [6.45, 7) is 2.10. The topological polar surface area (TPSA) is 20.2 Å². The summed E-state index contributed by atoms with van der Waals surface area (Å²) < 4.78 is 0. The van der Waals surface area contributed by atoms with E-state index >= 15 is 0 Å². The van der Waals surface area contributed by atoms with Crippen molar-refractivity contribution in [3.63, 3.8) is 0 Å². The predicted octanol–water partition coefficient (Wildman–Crippen LogP) is 4.81. The highest BCUT2D eigenvalue weighted by Gasteiger charge is 2.15. The maximum atomic E-state index is 10.6. The van der Waals surface area contributed by atoms with Crippen LogP contribution in [-0.4, -0.2) is 5.11 Å². The first kappa shape index (κ1) is 13.1. The molecule has 0 aliphatic carbocycles. The minimum atomic E-state index is -0.588. The van der Waals surface area contributed by atoms with Gasteiger partial charge in [0.15, 0.2) is 0 Å². The van der Waals surface area contributed by atoms with Gasteiger partial charge in [0.05, 0.1) is 0 Å². The highest BCUT2D eigenvalue weighted by Crippen LogP contribution is 2.35. The summed E-state index contributed by atoms with van der Waals surface area (Å²) in [6, 6.07) is 22.1. The van der Waals surface area contributed by atoms with Gasteiger partial charge in [0.2, 0.25) is 0 Å². The average molecular weight is 280 g/mol. The molecule has 2 heteroatoms. The van der Waals surface area contributed by atoms with Gasteiger partial charge in [-0.2, -0.15) is 0 Å². The second kappa shape index (κ2) is 5.61. The zero-order chi connectivity index (χ0) is 13.9. The number of aliphatic hydroxyl groups excluding tert-OH is 1. The fourth-order valence-electron chi connectivity index (χ4n) is 2.35. The quantitative estimate of drug-likeness (QED) is 0.730. The molecule has 0 spiro atoms. The van der Waals surface area contributed by atoms with Crippen LogP contribution >= 0.6 is 11.3 Å². The highest BCUT2D eigenvalue weighted by atomic mass is 32.1. The van der Waals surface area contributed by atoms with Crippen LogP contribution in [0, 0.1) is 6.92 Å². The molecule has 20 heavy (non-hydrogen) atoms. The molecule has 0 saturated heterocycles. The van der Waals surface area contributed by atoms with Crippen molar-refractivity contribution in [3.05, 3.63) is 82.7 Å². The third-order valence-electron chi connectivity index (χ3n) is 3.38. The zero-order valence-corrected chi connectivity index (χ0v) is 12.1. The Balaban J connectivity index is 2.06. The molecular weight excluding hydrogens is 264 g/mol. The first-order valence-corrected chi connectivity index (χ1v) is 7.46. The maximum Gasteiger partial charge on any atom is 0.105 e. The summed E-state index contributed by atoms with van der Waals surface area (Å²) in [5.41, 5.74) is 3.00. The molecule has 3 rings (SSSR count). The molecule has 0 fully saturated rings. The maximum absolute atomic E-state index is 10.6. The Morgan fingerprint density at radius 3 is 2.25 bits per heavy atom. The minimum absolute atomic E-state index is 0.588. The lowest BCUT2D eigenvalue weighted by Gasteiger charge is -2.15. The van der Waals surface area contributed by atoms with Gasteiger partial charge in [0.1, 0.15) is 6.10 Å². The van der Waals surface area contributed by atoms with Gasteiger partial charge in [-0.3, -0.25) is 0 Å². The Labute approximate surface area is 123 Å². The zero-order valence-electron chi connectivity index (χ0n) is 11.3. The van der Waals surface area contributed by atoms with Gasteiger partial charge in [-0.05, 0) is 35.7 Å². The third kappa shape index (κ3) is 2.53. The van der Waals surface area contributed by atoms with Crippen molar-refractivity contribution in [2.45, 2.75) is 13.0 Å². The fraction of sp³-hybridized carbons (Fsp3) is 0.111. The van der Waals surface area contributed by atoms with Crippen molar-refractivity contribution in [2.75, 3.05) is 0 Å². The molecule has 0 saturated carbocycles. The molecule has 1 heterocycles. The van der Waals surface area contributed by atoms with Crippen molar-refractivity contribution in [3.8, 4) is 10.4 Å². The van der Waals surface area contributed by atoms with Crippen LogP contribution in [0.4, 0.5) is 0 Å². The number of thiophene rings is 1. The van der Waals surface area contributed by atoms with Crippen molar-refractivity contribution in [1.82, 2.24) is 0 Å². The molecule has 0 radical (unpaired) electrons. The first-order valence-electron chi connectivity index (χ1n) is 6.64. The molecule has 0 amide bonds. The summed E-state index contributed by atoms with van der Waals surface area (Å²) in [6.07, 6.45) is -0.588.